The number of nitrogens with one attached hydrogen (secondary N) is 1. The van der Waals surface area contributed by atoms with Crippen molar-refractivity contribution in [2.75, 3.05) is 40.1 Å². The lowest BCUT2D eigenvalue weighted by atomic mass is 10.6. The van der Waals surface area contributed by atoms with E-state index < -0.39 is 0 Å². The van der Waals surface area contributed by atoms with Crippen molar-refractivity contribution in [3.8, 4) is 0 Å². The fraction of sp³-hybridized carbons (Fsp3) is 0.857. The van der Waals surface area contributed by atoms with E-state index >= 15 is 0 Å². The molecule has 78 valence electrons. The van der Waals surface area contributed by atoms with Crippen LogP contribution in [0.4, 0.5) is 0 Å². The highest BCUT2D eigenvalue weighted by molar-refractivity contribution is 5.76. The summed E-state index contributed by atoms with van der Waals surface area (Å²) in [5.41, 5.74) is 0. The van der Waals surface area contributed by atoms with Crippen LogP contribution in [0.3, 0.4) is 0 Å². The van der Waals surface area contributed by atoms with E-state index in [1.54, 1.807) is 7.11 Å². The van der Waals surface area contributed by atoms with E-state index in [4.69, 9.17) is 9.47 Å². The molecular formula is C7H17N2O4+. The predicted octanol–water partition coefficient (Wildman–Crippen LogP) is -2.06. The van der Waals surface area contributed by atoms with Crippen LogP contribution in [0.25, 0.3) is 0 Å². The molecule has 0 aliphatic heterocycles. The quantitative estimate of drug-likeness (QED) is 0.343. The van der Waals surface area contributed by atoms with Crippen LogP contribution in [0.2, 0.25) is 0 Å². The second kappa shape index (κ2) is 9.40. The van der Waals surface area contributed by atoms with Gasteiger partial charge in [-0.15, -0.1) is 0 Å². The third kappa shape index (κ3) is 9.22. The van der Waals surface area contributed by atoms with Gasteiger partial charge < -0.3 is 14.8 Å². The number of quaternary nitrogens is 1. The molecule has 0 aromatic carbocycles. The van der Waals surface area contributed by atoms with Gasteiger partial charge in [0, 0.05) is 13.7 Å². The largest absolute Gasteiger partial charge is 0.382 e. The summed E-state index contributed by atoms with van der Waals surface area (Å²) in [5.74, 6) is 2.90. The number of methoxy groups -OCH3 is 1. The van der Waals surface area contributed by atoms with Crippen LogP contribution in [0.1, 0.15) is 0 Å². The van der Waals surface area contributed by atoms with Crippen LogP contribution in [0, 0.1) is 0 Å². The van der Waals surface area contributed by atoms with E-state index in [2.05, 4.69) is 16.1 Å². The zero-order valence-corrected chi connectivity index (χ0v) is 7.88. The monoisotopic (exact) mass is 193 g/mol. The van der Waals surface area contributed by atoms with Crippen LogP contribution >= 0.6 is 0 Å². The Hall–Kier alpha value is -0.690. The van der Waals surface area contributed by atoms with E-state index in [0.717, 1.165) is 0 Å². The molecule has 6 nitrogen and oxygen atoms in total. The first-order valence-electron chi connectivity index (χ1n) is 4.01. The second-order valence-corrected chi connectivity index (χ2v) is 2.30. The molecule has 0 unspecified atom stereocenters. The van der Waals surface area contributed by atoms with Crippen LogP contribution < -0.4 is 11.2 Å². The molecule has 0 saturated heterocycles. The molecule has 0 heterocycles. The first-order valence-corrected chi connectivity index (χ1v) is 4.01. The highest BCUT2D eigenvalue weighted by Gasteiger charge is 1.99. The van der Waals surface area contributed by atoms with Gasteiger partial charge in [-0.05, 0) is 0 Å². The van der Waals surface area contributed by atoms with E-state index in [9.17, 15) is 4.79 Å². The second-order valence-electron chi connectivity index (χ2n) is 2.30. The van der Waals surface area contributed by atoms with Crippen molar-refractivity contribution in [1.82, 2.24) is 5.32 Å². The Kier molecular flexibility index (Phi) is 8.90. The van der Waals surface area contributed by atoms with Gasteiger partial charge in [-0.1, -0.05) is 0 Å². The molecule has 0 rings (SSSR count). The third-order valence-corrected chi connectivity index (χ3v) is 1.23. The minimum absolute atomic E-state index is 0.0158. The minimum Gasteiger partial charge on any atom is -0.382 e. The van der Waals surface area contributed by atoms with E-state index in [1.165, 1.54) is 0 Å². The highest BCUT2D eigenvalue weighted by Crippen LogP contribution is 1.74. The van der Waals surface area contributed by atoms with Gasteiger partial charge in [0.05, 0.1) is 19.8 Å². The molecule has 0 atom stereocenters. The number of hydrogen-bond donors (Lipinski definition) is 2. The lowest BCUT2D eigenvalue weighted by Gasteiger charge is -2.04. The normalized spacial score (nSPS) is 10.0. The van der Waals surface area contributed by atoms with Gasteiger partial charge in [-0.3, -0.25) is 4.79 Å². The SMILES string of the molecule is COCCOCCNC(=O)CO[NH3+]. The summed E-state index contributed by atoms with van der Waals surface area (Å²) >= 11 is 0. The van der Waals surface area contributed by atoms with Gasteiger partial charge in [0.25, 0.3) is 5.91 Å². The highest BCUT2D eigenvalue weighted by atomic mass is 16.6. The van der Waals surface area contributed by atoms with Gasteiger partial charge in [-0.2, -0.15) is 4.84 Å². The van der Waals surface area contributed by atoms with Gasteiger partial charge in [0.15, 0.2) is 6.61 Å². The molecule has 0 spiro atoms. The van der Waals surface area contributed by atoms with E-state index in [0.29, 0.717) is 26.4 Å². The Morgan fingerprint density at radius 3 is 2.77 bits per heavy atom. The molecule has 0 radical (unpaired) electrons. The maximum atomic E-state index is 10.8. The number of carbonyl (C=O) groups excluding carboxylic acids is 1. The Balaban J connectivity index is 3.02. The van der Waals surface area contributed by atoms with Crippen molar-refractivity contribution in [2.45, 2.75) is 0 Å². The van der Waals surface area contributed by atoms with Crippen LogP contribution in [-0.2, 0) is 19.1 Å². The average molecular weight is 193 g/mol. The van der Waals surface area contributed by atoms with E-state index in [1.807, 2.05) is 0 Å². The molecule has 0 saturated carbocycles. The zero-order chi connectivity index (χ0) is 9.94. The summed E-state index contributed by atoms with van der Waals surface area (Å²) in [6.07, 6.45) is 0. The Bertz CT molecular complexity index is 132. The molecule has 0 aliphatic rings. The third-order valence-electron chi connectivity index (χ3n) is 1.23. The Morgan fingerprint density at radius 1 is 1.38 bits per heavy atom. The molecule has 0 aromatic heterocycles. The molecule has 0 fully saturated rings. The van der Waals surface area contributed by atoms with Gasteiger partial charge in [0.2, 0.25) is 0 Å². The number of carbonyl (C=O) groups is 1. The summed E-state index contributed by atoms with van der Waals surface area (Å²) in [6.45, 7) is 2.05. The van der Waals surface area contributed by atoms with Crippen molar-refractivity contribution in [2.24, 2.45) is 0 Å². The van der Waals surface area contributed by atoms with Crippen molar-refractivity contribution >= 4 is 5.91 Å². The fourth-order valence-corrected chi connectivity index (χ4v) is 0.651. The number of hydrogen-bond acceptors (Lipinski definition) is 4. The zero-order valence-electron chi connectivity index (χ0n) is 7.88. The predicted molar refractivity (Wildman–Crippen MR) is 44.5 cm³/mol. The smallest absolute Gasteiger partial charge is 0.252 e. The maximum Gasteiger partial charge on any atom is 0.252 e. The maximum absolute atomic E-state index is 10.8. The molecular weight excluding hydrogens is 176 g/mol. The number of ether oxygens (including phenoxy) is 2. The van der Waals surface area contributed by atoms with Gasteiger partial charge in [0.1, 0.15) is 0 Å². The molecule has 1 amide bonds. The molecule has 0 aromatic rings. The molecule has 13 heavy (non-hydrogen) atoms. The summed E-state index contributed by atoms with van der Waals surface area (Å²) in [6, 6.07) is 0. The Labute approximate surface area is 77.3 Å². The number of amides is 1. The number of rotatable bonds is 8. The molecule has 0 aliphatic carbocycles. The Morgan fingerprint density at radius 2 is 2.15 bits per heavy atom. The van der Waals surface area contributed by atoms with Crippen LogP contribution in [0.15, 0.2) is 0 Å². The molecule has 4 N–H and O–H groups in total. The van der Waals surface area contributed by atoms with Crippen LogP contribution in [0.5, 0.6) is 0 Å². The lowest BCUT2D eigenvalue weighted by molar-refractivity contribution is -0.685. The van der Waals surface area contributed by atoms with Crippen molar-refractivity contribution < 1.29 is 25.0 Å². The molecule has 6 heteroatoms. The van der Waals surface area contributed by atoms with Crippen molar-refractivity contribution in [1.29, 1.82) is 0 Å². The summed E-state index contributed by atoms with van der Waals surface area (Å²) < 4.78 is 9.87. The van der Waals surface area contributed by atoms with Crippen LogP contribution in [-0.4, -0.2) is 46.0 Å². The standard InChI is InChI=1S/C7H16N2O4/c1-11-4-5-12-3-2-9-7(10)6-13-8/h2-6H2,1,8H3/p+1. The lowest BCUT2D eigenvalue weighted by Crippen LogP contribution is -2.51. The van der Waals surface area contributed by atoms with Crippen molar-refractivity contribution in [3.63, 3.8) is 0 Å². The topological polar surface area (TPSA) is 84.4 Å². The average Bonchev–Trinajstić information content (AvgIpc) is 2.11. The molecule has 0 bridgehead atoms. The first-order chi connectivity index (χ1) is 6.31. The summed E-state index contributed by atoms with van der Waals surface area (Å²) in [4.78, 5) is 15.2. The van der Waals surface area contributed by atoms with Gasteiger partial charge >= 0.3 is 0 Å². The summed E-state index contributed by atoms with van der Waals surface area (Å²) in [7, 11) is 1.61. The summed E-state index contributed by atoms with van der Waals surface area (Å²) in [5, 5.41) is 2.59. The fourth-order valence-electron chi connectivity index (χ4n) is 0.651. The van der Waals surface area contributed by atoms with E-state index in [-0.39, 0.29) is 12.5 Å². The first kappa shape index (κ1) is 12.3. The van der Waals surface area contributed by atoms with Crippen molar-refractivity contribution in [3.05, 3.63) is 0 Å². The minimum atomic E-state index is -0.189. The van der Waals surface area contributed by atoms with Gasteiger partial charge in [-0.25, -0.2) is 5.90 Å².